The predicted molar refractivity (Wildman–Crippen MR) is 92.8 cm³/mol. The Kier molecular flexibility index (Phi) is 5.20. The molecular weight excluding hydrogens is 374 g/mol. The zero-order valence-electron chi connectivity index (χ0n) is 13.5. The molecule has 0 bridgehead atoms. The minimum atomic E-state index is 0.00302. The summed E-state index contributed by atoms with van der Waals surface area (Å²) in [7, 11) is 0. The van der Waals surface area contributed by atoms with Crippen LogP contribution >= 0.6 is 15.9 Å². The molecule has 1 amide bonds. The number of piperidine rings is 1. The van der Waals surface area contributed by atoms with Gasteiger partial charge in [0, 0.05) is 30.8 Å². The number of rotatable bonds is 4. The molecule has 3 rings (SSSR count). The average molecular weight is 394 g/mol. The van der Waals surface area contributed by atoms with E-state index in [9.17, 15) is 4.79 Å². The van der Waals surface area contributed by atoms with E-state index in [0.717, 1.165) is 29.6 Å². The van der Waals surface area contributed by atoms with E-state index in [1.807, 2.05) is 17.9 Å². The van der Waals surface area contributed by atoms with Crippen LogP contribution in [-0.4, -0.2) is 35.1 Å². The third-order valence-electron chi connectivity index (χ3n) is 3.97. The van der Waals surface area contributed by atoms with Crippen LogP contribution in [0.3, 0.4) is 0 Å². The number of carbonyl (C=O) groups is 1. The molecule has 0 aliphatic carbocycles. The topological polar surface area (TPSA) is 81.6 Å². The molecule has 0 spiro atoms. The summed E-state index contributed by atoms with van der Waals surface area (Å²) in [5.41, 5.74) is 7.39. The van der Waals surface area contributed by atoms with Crippen LogP contribution in [0.4, 0.5) is 0 Å². The summed E-state index contributed by atoms with van der Waals surface area (Å²) in [5, 5.41) is 3.82. The third-order valence-corrected chi connectivity index (χ3v) is 4.59. The van der Waals surface area contributed by atoms with Crippen LogP contribution in [0.25, 0.3) is 0 Å². The fraction of sp³-hybridized carbons (Fsp3) is 0.412. The first-order valence-corrected chi connectivity index (χ1v) is 8.71. The fourth-order valence-corrected chi connectivity index (χ4v) is 3.25. The Morgan fingerprint density at radius 2 is 2.33 bits per heavy atom. The molecule has 24 heavy (non-hydrogen) atoms. The van der Waals surface area contributed by atoms with Crippen LogP contribution in [0.1, 0.15) is 34.7 Å². The lowest BCUT2D eigenvalue weighted by Crippen LogP contribution is -2.45. The number of halogens is 1. The smallest absolute Gasteiger partial charge is 0.253 e. The van der Waals surface area contributed by atoms with E-state index in [1.54, 1.807) is 18.2 Å². The number of benzene rings is 1. The molecule has 1 saturated heterocycles. The quantitative estimate of drug-likeness (QED) is 0.863. The summed E-state index contributed by atoms with van der Waals surface area (Å²) in [6.07, 6.45) is 1.92. The molecular formula is C17H20BrN3O3. The lowest BCUT2D eigenvalue weighted by Gasteiger charge is -2.30. The first kappa shape index (κ1) is 17.0. The molecule has 1 fully saturated rings. The first-order valence-electron chi connectivity index (χ1n) is 7.92. The predicted octanol–water partition coefficient (Wildman–Crippen LogP) is 2.89. The normalized spacial score (nSPS) is 17.8. The molecule has 0 saturated carbocycles. The van der Waals surface area contributed by atoms with Crippen molar-refractivity contribution in [2.75, 3.05) is 13.1 Å². The summed E-state index contributed by atoms with van der Waals surface area (Å²) in [4.78, 5) is 14.4. The van der Waals surface area contributed by atoms with Crippen LogP contribution in [0, 0.1) is 6.92 Å². The van der Waals surface area contributed by atoms with Crippen molar-refractivity contribution in [1.82, 2.24) is 10.1 Å². The van der Waals surface area contributed by atoms with Gasteiger partial charge in [-0.15, -0.1) is 0 Å². The van der Waals surface area contributed by atoms with Gasteiger partial charge in [0.05, 0.1) is 10.2 Å². The highest BCUT2D eigenvalue weighted by Crippen LogP contribution is 2.28. The van der Waals surface area contributed by atoms with Crippen molar-refractivity contribution >= 4 is 21.8 Å². The number of aryl methyl sites for hydroxylation is 1. The van der Waals surface area contributed by atoms with Gasteiger partial charge in [-0.2, -0.15) is 0 Å². The van der Waals surface area contributed by atoms with Crippen molar-refractivity contribution in [2.45, 2.75) is 32.4 Å². The lowest BCUT2D eigenvalue weighted by atomic mass is 10.1. The molecule has 1 aliphatic rings. The Hall–Kier alpha value is -1.86. The van der Waals surface area contributed by atoms with E-state index < -0.39 is 0 Å². The SMILES string of the molecule is Cc1cc(COc2ccc(C(=O)N3CCCC(N)C3)cc2Br)on1. The van der Waals surface area contributed by atoms with Gasteiger partial charge in [-0.1, -0.05) is 5.16 Å². The molecule has 1 aromatic carbocycles. The highest BCUT2D eigenvalue weighted by Gasteiger charge is 2.22. The summed E-state index contributed by atoms with van der Waals surface area (Å²) in [6.45, 7) is 3.51. The molecule has 1 aliphatic heterocycles. The van der Waals surface area contributed by atoms with E-state index in [0.29, 0.717) is 23.6 Å². The minimum Gasteiger partial charge on any atom is -0.484 e. The van der Waals surface area contributed by atoms with Crippen molar-refractivity contribution in [3.63, 3.8) is 0 Å². The maximum atomic E-state index is 12.6. The molecule has 2 N–H and O–H groups in total. The summed E-state index contributed by atoms with van der Waals surface area (Å²) >= 11 is 3.46. The Morgan fingerprint density at radius 3 is 3.00 bits per heavy atom. The molecule has 7 heteroatoms. The zero-order valence-corrected chi connectivity index (χ0v) is 15.1. The number of amides is 1. The zero-order chi connectivity index (χ0) is 17.1. The molecule has 6 nitrogen and oxygen atoms in total. The number of ether oxygens (including phenoxy) is 1. The maximum absolute atomic E-state index is 12.6. The molecule has 2 heterocycles. The number of hydrogen-bond donors (Lipinski definition) is 1. The molecule has 0 radical (unpaired) electrons. The number of hydrogen-bond acceptors (Lipinski definition) is 5. The van der Waals surface area contributed by atoms with Gasteiger partial charge in [0.1, 0.15) is 12.4 Å². The van der Waals surface area contributed by atoms with Gasteiger partial charge in [-0.05, 0) is 53.9 Å². The number of nitrogens with zero attached hydrogens (tertiary/aromatic N) is 2. The third kappa shape index (κ3) is 3.96. The summed E-state index contributed by atoms with van der Waals surface area (Å²) in [6, 6.07) is 7.23. The van der Waals surface area contributed by atoms with Gasteiger partial charge < -0.3 is 19.9 Å². The minimum absolute atomic E-state index is 0.00302. The van der Waals surface area contributed by atoms with Gasteiger partial charge in [-0.3, -0.25) is 4.79 Å². The van der Waals surface area contributed by atoms with E-state index >= 15 is 0 Å². The highest BCUT2D eigenvalue weighted by molar-refractivity contribution is 9.10. The molecule has 2 aromatic rings. The summed E-state index contributed by atoms with van der Waals surface area (Å²) in [5.74, 6) is 1.31. The highest BCUT2D eigenvalue weighted by atomic mass is 79.9. The average Bonchev–Trinajstić information content (AvgIpc) is 2.98. The second-order valence-electron chi connectivity index (χ2n) is 6.02. The van der Waals surface area contributed by atoms with Crippen LogP contribution in [0.15, 0.2) is 33.3 Å². The molecule has 128 valence electrons. The van der Waals surface area contributed by atoms with Crippen molar-refractivity contribution in [1.29, 1.82) is 0 Å². The van der Waals surface area contributed by atoms with Crippen LogP contribution in [-0.2, 0) is 6.61 Å². The van der Waals surface area contributed by atoms with Gasteiger partial charge in [-0.25, -0.2) is 0 Å². The van der Waals surface area contributed by atoms with Gasteiger partial charge in [0.15, 0.2) is 5.76 Å². The summed E-state index contributed by atoms with van der Waals surface area (Å²) < 4.78 is 11.5. The number of aromatic nitrogens is 1. The Labute approximate surface area is 149 Å². The number of carbonyl (C=O) groups excluding carboxylic acids is 1. The monoisotopic (exact) mass is 393 g/mol. The van der Waals surface area contributed by atoms with Crippen LogP contribution in [0.2, 0.25) is 0 Å². The standard InChI is InChI=1S/C17H20BrN3O3/c1-11-7-14(24-20-11)10-23-16-5-4-12(8-15(16)18)17(22)21-6-2-3-13(19)9-21/h4-5,7-8,13H,2-3,6,9-10,19H2,1H3. The van der Waals surface area contributed by atoms with Gasteiger partial charge in [0.2, 0.25) is 0 Å². The first-order chi connectivity index (χ1) is 11.5. The molecule has 1 atom stereocenters. The fourth-order valence-electron chi connectivity index (χ4n) is 2.76. The van der Waals surface area contributed by atoms with Crippen LogP contribution in [0.5, 0.6) is 5.75 Å². The Balaban J connectivity index is 1.66. The lowest BCUT2D eigenvalue weighted by molar-refractivity contribution is 0.0708. The second kappa shape index (κ2) is 7.36. The van der Waals surface area contributed by atoms with E-state index in [-0.39, 0.29) is 18.6 Å². The van der Waals surface area contributed by atoms with E-state index in [2.05, 4.69) is 21.1 Å². The Morgan fingerprint density at radius 1 is 1.50 bits per heavy atom. The van der Waals surface area contributed by atoms with Crippen molar-refractivity contribution in [3.8, 4) is 5.75 Å². The van der Waals surface area contributed by atoms with E-state index in [4.69, 9.17) is 15.0 Å². The Bertz CT molecular complexity index is 732. The number of likely N-dealkylation sites (tertiary alicyclic amines) is 1. The molecule has 1 aromatic heterocycles. The second-order valence-corrected chi connectivity index (χ2v) is 6.88. The maximum Gasteiger partial charge on any atom is 0.253 e. The number of nitrogens with two attached hydrogens (primary N) is 1. The van der Waals surface area contributed by atoms with Crippen molar-refractivity contribution in [2.24, 2.45) is 5.73 Å². The largest absolute Gasteiger partial charge is 0.484 e. The molecule has 1 unspecified atom stereocenters. The van der Waals surface area contributed by atoms with E-state index in [1.165, 1.54) is 0 Å². The van der Waals surface area contributed by atoms with Crippen molar-refractivity contribution < 1.29 is 14.1 Å². The van der Waals surface area contributed by atoms with Gasteiger partial charge in [0.25, 0.3) is 5.91 Å². The van der Waals surface area contributed by atoms with Crippen LogP contribution < -0.4 is 10.5 Å². The van der Waals surface area contributed by atoms with Crippen molar-refractivity contribution in [3.05, 3.63) is 45.8 Å². The van der Waals surface area contributed by atoms with Gasteiger partial charge >= 0.3 is 0 Å².